The van der Waals surface area contributed by atoms with Gasteiger partial charge in [-0.05, 0) is 68.2 Å². The van der Waals surface area contributed by atoms with E-state index in [9.17, 15) is 0 Å². The third-order valence-corrected chi connectivity index (χ3v) is 7.93. The molecule has 0 amide bonds. The van der Waals surface area contributed by atoms with Crippen molar-refractivity contribution in [2.75, 3.05) is 0 Å². The summed E-state index contributed by atoms with van der Waals surface area (Å²) in [7, 11) is -1.44. The highest BCUT2D eigenvalue weighted by Crippen LogP contribution is 2.11. The summed E-state index contributed by atoms with van der Waals surface area (Å²) in [6, 6.07) is 0. The average Bonchev–Trinajstić information content (AvgIpc) is 2.45. The molecular formula is C18H43NO4Si2. The molecule has 0 aliphatic rings. The third-order valence-electron chi connectivity index (χ3n) is 3.58. The maximum Gasteiger partial charge on any atom is 0.191 e. The van der Waals surface area contributed by atoms with Crippen LogP contribution in [0, 0.1) is 0 Å². The lowest BCUT2D eigenvalue weighted by Gasteiger charge is -2.30. The van der Waals surface area contributed by atoms with Gasteiger partial charge in [0.25, 0.3) is 0 Å². The van der Waals surface area contributed by atoms with E-state index in [1.54, 1.807) is 0 Å². The molecule has 0 rings (SSSR count). The zero-order valence-electron chi connectivity index (χ0n) is 18.3. The zero-order valence-corrected chi connectivity index (χ0v) is 21.1. The van der Waals surface area contributed by atoms with Crippen molar-refractivity contribution in [2.45, 2.75) is 117 Å². The van der Waals surface area contributed by atoms with Crippen molar-refractivity contribution < 1.29 is 18.3 Å². The molecule has 0 bridgehead atoms. The second kappa shape index (κ2) is 11.8. The number of ether oxygens (including phenoxy) is 2. The molecule has 0 aromatic heterocycles. The normalized spacial score (nSPS) is 19.0. The van der Waals surface area contributed by atoms with Gasteiger partial charge in [0.1, 0.15) is 12.5 Å². The van der Waals surface area contributed by atoms with Gasteiger partial charge >= 0.3 is 0 Å². The van der Waals surface area contributed by atoms with Gasteiger partial charge < -0.3 is 18.3 Å². The molecule has 7 heteroatoms. The third kappa shape index (κ3) is 15.0. The minimum atomic E-state index is -0.722. The summed E-state index contributed by atoms with van der Waals surface area (Å²) in [5.74, 6) is 0. The van der Waals surface area contributed by atoms with E-state index in [0.717, 1.165) is 12.8 Å². The lowest BCUT2D eigenvalue weighted by molar-refractivity contribution is -0.0595. The SMILES string of the molecule is CCC(OC(C)NC(C)OC(CC)[SiH2]OC(C)(C)C)[SiH2]OC(C)(C)C. The molecule has 0 aliphatic carbocycles. The molecule has 0 aliphatic heterocycles. The molecule has 0 heterocycles. The lowest BCUT2D eigenvalue weighted by atomic mass is 10.2. The van der Waals surface area contributed by atoms with E-state index in [4.69, 9.17) is 18.3 Å². The summed E-state index contributed by atoms with van der Waals surface area (Å²) >= 11 is 0. The fraction of sp³-hybridized carbons (Fsp3) is 1.00. The molecule has 152 valence electrons. The van der Waals surface area contributed by atoms with Crippen molar-refractivity contribution in [3.05, 3.63) is 0 Å². The van der Waals surface area contributed by atoms with Crippen LogP contribution in [-0.2, 0) is 18.3 Å². The first kappa shape index (κ1) is 25.2. The highest BCUT2D eigenvalue weighted by Gasteiger charge is 2.21. The molecule has 25 heavy (non-hydrogen) atoms. The van der Waals surface area contributed by atoms with E-state index >= 15 is 0 Å². The molecule has 0 radical (unpaired) electrons. The van der Waals surface area contributed by atoms with Crippen LogP contribution < -0.4 is 5.32 Å². The molecule has 4 atom stereocenters. The van der Waals surface area contributed by atoms with E-state index in [1.807, 2.05) is 13.8 Å². The molecule has 1 N–H and O–H groups in total. The van der Waals surface area contributed by atoms with Gasteiger partial charge in [-0.25, -0.2) is 0 Å². The minimum absolute atomic E-state index is 0.0567. The summed E-state index contributed by atoms with van der Waals surface area (Å²) in [6.45, 7) is 21.0. The van der Waals surface area contributed by atoms with Gasteiger partial charge in [-0.2, -0.15) is 0 Å². The standard InChI is InChI=1S/C18H43NO4Si2/c1-11-15(24-22-17(5,6)7)20-13(3)19-14(4)21-16(12-2)25-23-18(8,9)10/h13-16,19H,11-12,24-25H2,1-10H3. The topological polar surface area (TPSA) is 49.0 Å². The first-order chi connectivity index (χ1) is 11.4. The Morgan fingerprint density at radius 3 is 1.28 bits per heavy atom. The van der Waals surface area contributed by atoms with Gasteiger partial charge in [-0.15, -0.1) is 0 Å². The van der Waals surface area contributed by atoms with E-state index in [2.05, 4.69) is 60.7 Å². The zero-order chi connectivity index (χ0) is 19.7. The van der Waals surface area contributed by atoms with Crippen LogP contribution in [0.4, 0.5) is 0 Å². The summed E-state index contributed by atoms with van der Waals surface area (Å²) in [5.41, 5.74) is 0.272. The molecule has 5 nitrogen and oxygen atoms in total. The number of nitrogens with one attached hydrogen (secondary N) is 1. The van der Waals surface area contributed by atoms with Crippen LogP contribution in [0.2, 0.25) is 0 Å². The second-order valence-corrected chi connectivity index (χ2v) is 11.7. The molecule has 0 fully saturated rings. The van der Waals surface area contributed by atoms with E-state index < -0.39 is 19.5 Å². The molecule has 0 aromatic carbocycles. The van der Waals surface area contributed by atoms with Crippen molar-refractivity contribution in [3.8, 4) is 0 Å². The van der Waals surface area contributed by atoms with Crippen LogP contribution in [0.25, 0.3) is 0 Å². The summed E-state index contributed by atoms with van der Waals surface area (Å²) in [6.07, 6.45) is 1.85. The quantitative estimate of drug-likeness (QED) is 0.408. The van der Waals surface area contributed by atoms with Crippen LogP contribution in [0.5, 0.6) is 0 Å². The van der Waals surface area contributed by atoms with Gasteiger partial charge in [0.15, 0.2) is 19.5 Å². The highest BCUT2D eigenvalue weighted by molar-refractivity contribution is 6.29. The smallest absolute Gasteiger partial charge is 0.191 e. The lowest BCUT2D eigenvalue weighted by Crippen LogP contribution is -2.44. The molecular weight excluding hydrogens is 350 g/mol. The Kier molecular flexibility index (Phi) is 12.0. The fourth-order valence-corrected chi connectivity index (χ4v) is 4.76. The van der Waals surface area contributed by atoms with Gasteiger partial charge in [-0.1, -0.05) is 13.8 Å². The Bertz CT molecular complexity index is 313. The largest absolute Gasteiger partial charge is 0.417 e. The first-order valence-corrected chi connectivity index (χ1v) is 12.5. The van der Waals surface area contributed by atoms with Crippen molar-refractivity contribution in [1.29, 1.82) is 0 Å². The predicted octanol–water partition coefficient (Wildman–Crippen LogP) is 2.57. The van der Waals surface area contributed by atoms with Crippen LogP contribution in [-0.4, -0.2) is 54.6 Å². The minimum Gasteiger partial charge on any atom is -0.417 e. The monoisotopic (exact) mass is 393 g/mol. The fourth-order valence-electron chi connectivity index (χ4n) is 2.18. The van der Waals surface area contributed by atoms with Crippen LogP contribution in [0.1, 0.15) is 82.1 Å². The van der Waals surface area contributed by atoms with Gasteiger partial charge in [0, 0.05) is 11.2 Å². The Balaban J connectivity index is 4.26. The maximum atomic E-state index is 6.12. The number of hydrogen-bond donors (Lipinski definition) is 1. The summed E-state index contributed by atoms with van der Waals surface area (Å²) in [5, 5.41) is 3.39. The van der Waals surface area contributed by atoms with Crippen molar-refractivity contribution in [3.63, 3.8) is 0 Å². The molecule has 0 aromatic rings. The van der Waals surface area contributed by atoms with Gasteiger partial charge in [0.05, 0.1) is 11.5 Å². The Hall–Kier alpha value is 0.234. The van der Waals surface area contributed by atoms with Gasteiger partial charge in [0.2, 0.25) is 0 Å². The Labute approximate surface area is 160 Å². The number of hydrogen-bond acceptors (Lipinski definition) is 5. The van der Waals surface area contributed by atoms with Crippen molar-refractivity contribution >= 4 is 19.5 Å². The predicted molar refractivity (Wildman–Crippen MR) is 111 cm³/mol. The van der Waals surface area contributed by atoms with E-state index in [1.165, 1.54) is 0 Å². The van der Waals surface area contributed by atoms with E-state index in [0.29, 0.717) is 0 Å². The first-order valence-electron chi connectivity index (χ1n) is 9.71. The maximum absolute atomic E-state index is 6.12. The van der Waals surface area contributed by atoms with Crippen molar-refractivity contribution in [2.24, 2.45) is 0 Å². The second-order valence-electron chi connectivity index (χ2n) is 8.63. The van der Waals surface area contributed by atoms with Crippen LogP contribution in [0.15, 0.2) is 0 Å². The molecule has 4 unspecified atom stereocenters. The summed E-state index contributed by atoms with van der Waals surface area (Å²) in [4.78, 5) is 0. The van der Waals surface area contributed by atoms with Crippen LogP contribution in [0.3, 0.4) is 0 Å². The highest BCUT2D eigenvalue weighted by atomic mass is 28.2. The summed E-state index contributed by atoms with van der Waals surface area (Å²) < 4.78 is 24.2. The van der Waals surface area contributed by atoms with Crippen LogP contribution >= 0.6 is 0 Å². The molecule has 0 saturated heterocycles. The Morgan fingerprint density at radius 1 is 0.720 bits per heavy atom. The van der Waals surface area contributed by atoms with E-state index in [-0.39, 0.29) is 35.1 Å². The average molecular weight is 394 g/mol. The van der Waals surface area contributed by atoms with Gasteiger partial charge in [-0.3, -0.25) is 5.32 Å². The van der Waals surface area contributed by atoms with Crippen molar-refractivity contribution in [1.82, 2.24) is 5.32 Å². The number of rotatable bonds is 12. The molecule has 0 spiro atoms. The molecule has 0 saturated carbocycles. The Morgan fingerprint density at radius 2 is 1.04 bits per heavy atom.